The molecule has 2 aromatic carbocycles. The van der Waals surface area contributed by atoms with Gasteiger partial charge in [-0.05, 0) is 59.9 Å². The van der Waals surface area contributed by atoms with Gasteiger partial charge in [-0.25, -0.2) is 15.0 Å². The number of nitrogens with zero attached hydrogens (tertiary/aromatic N) is 5. The fourth-order valence-electron chi connectivity index (χ4n) is 4.25. The molecule has 1 amide bonds. The van der Waals surface area contributed by atoms with Crippen molar-refractivity contribution in [2.24, 2.45) is 7.05 Å². The van der Waals surface area contributed by atoms with Crippen LogP contribution in [0.15, 0.2) is 73.7 Å². The molecular formula is C24H21N5O2. The number of rotatable bonds is 4. The highest BCUT2D eigenvalue weighted by Gasteiger charge is 2.48. The molecular weight excluding hydrogens is 390 g/mol. The van der Waals surface area contributed by atoms with Crippen LogP contribution < -0.4 is 4.90 Å². The highest BCUT2D eigenvalue weighted by Crippen LogP contribution is 2.48. The lowest BCUT2D eigenvalue weighted by Crippen LogP contribution is -2.37. The quantitative estimate of drug-likeness (QED) is 0.553. The van der Waals surface area contributed by atoms with Crippen LogP contribution >= 0.6 is 0 Å². The average Bonchev–Trinajstić information content (AvgIpc) is 3.28. The van der Waals surface area contributed by atoms with Crippen LogP contribution in [0.3, 0.4) is 0 Å². The van der Waals surface area contributed by atoms with Crippen LogP contribution in [0, 0.1) is 0 Å². The normalized spacial score (nSPS) is 17.7. The standard InChI is InChI=1S/C24H21N5O2/c1-24(10-16-11-25-14-26-12-16)20-9-18(17-4-3-5-19(30)8-17)6-7-21(20)29(23(24)31)22-13-28(2)15-27-22/h3-9,11-15,30H,10H2,1-2H3. The summed E-state index contributed by atoms with van der Waals surface area (Å²) in [6, 6.07) is 13.1. The van der Waals surface area contributed by atoms with Gasteiger partial charge in [0.25, 0.3) is 0 Å². The van der Waals surface area contributed by atoms with Crippen LogP contribution in [0.4, 0.5) is 11.5 Å². The van der Waals surface area contributed by atoms with Crippen LogP contribution in [0.5, 0.6) is 5.75 Å². The molecule has 0 saturated heterocycles. The molecule has 1 N–H and O–H groups in total. The molecule has 1 atom stereocenters. The van der Waals surface area contributed by atoms with Gasteiger partial charge in [0.2, 0.25) is 5.91 Å². The number of benzene rings is 2. The third-order valence-electron chi connectivity index (χ3n) is 5.78. The Morgan fingerprint density at radius 2 is 1.84 bits per heavy atom. The van der Waals surface area contributed by atoms with E-state index in [-0.39, 0.29) is 11.7 Å². The van der Waals surface area contributed by atoms with Crippen LogP contribution in [0.25, 0.3) is 11.1 Å². The van der Waals surface area contributed by atoms with Crippen molar-refractivity contribution in [3.8, 4) is 16.9 Å². The van der Waals surface area contributed by atoms with Gasteiger partial charge in [-0.3, -0.25) is 9.69 Å². The molecule has 1 unspecified atom stereocenters. The number of amides is 1. The van der Waals surface area contributed by atoms with Gasteiger partial charge >= 0.3 is 0 Å². The topological polar surface area (TPSA) is 84.1 Å². The number of aromatic hydroxyl groups is 1. The van der Waals surface area contributed by atoms with E-state index in [0.717, 1.165) is 27.9 Å². The number of hydrogen-bond donors (Lipinski definition) is 1. The van der Waals surface area contributed by atoms with E-state index < -0.39 is 5.41 Å². The minimum Gasteiger partial charge on any atom is -0.508 e. The van der Waals surface area contributed by atoms with Gasteiger partial charge < -0.3 is 9.67 Å². The molecule has 0 bridgehead atoms. The Balaban J connectivity index is 1.68. The monoisotopic (exact) mass is 411 g/mol. The molecule has 4 aromatic rings. The first-order valence-corrected chi connectivity index (χ1v) is 9.96. The molecule has 0 spiro atoms. The minimum atomic E-state index is -0.815. The van der Waals surface area contributed by atoms with Crippen molar-refractivity contribution in [1.29, 1.82) is 0 Å². The second kappa shape index (κ2) is 7.05. The van der Waals surface area contributed by atoms with Crippen molar-refractivity contribution < 1.29 is 9.90 Å². The largest absolute Gasteiger partial charge is 0.508 e. The number of carbonyl (C=O) groups is 1. The second-order valence-corrected chi connectivity index (χ2v) is 8.08. The maximum absolute atomic E-state index is 13.8. The Morgan fingerprint density at radius 1 is 1.06 bits per heavy atom. The van der Waals surface area contributed by atoms with E-state index in [0.29, 0.717) is 12.2 Å². The molecule has 3 heterocycles. The summed E-state index contributed by atoms with van der Waals surface area (Å²) < 4.78 is 1.82. The number of carbonyl (C=O) groups excluding carboxylic acids is 1. The third-order valence-corrected chi connectivity index (χ3v) is 5.78. The predicted octanol–water partition coefficient (Wildman–Crippen LogP) is 3.76. The van der Waals surface area contributed by atoms with E-state index in [1.165, 1.54) is 6.33 Å². The summed E-state index contributed by atoms with van der Waals surface area (Å²) in [5, 5.41) is 9.91. The van der Waals surface area contributed by atoms with Gasteiger partial charge in [-0.2, -0.15) is 0 Å². The van der Waals surface area contributed by atoms with Crippen molar-refractivity contribution in [2.45, 2.75) is 18.8 Å². The molecule has 1 aliphatic heterocycles. The molecule has 7 nitrogen and oxygen atoms in total. The Morgan fingerprint density at radius 3 is 2.55 bits per heavy atom. The SMILES string of the molecule is Cn1cnc(N2C(=O)C(C)(Cc3cncnc3)c3cc(-c4cccc(O)c4)ccc32)c1. The first kappa shape index (κ1) is 19.0. The molecule has 1 aliphatic rings. The summed E-state index contributed by atoms with van der Waals surface area (Å²) in [4.78, 5) is 28.1. The number of anilines is 2. The van der Waals surface area contributed by atoms with E-state index in [4.69, 9.17) is 0 Å². The molecule has 7 heteroatoms. The van der Waals surface area contributed by atoms with Crippen LogP contribution in [0.2, 0.25) is 0 Å². The van der Waals surface area contributed by atoms with E-state index in [2.05, 4.69) is 15.0 Å². The highest BCUT2D eigenvalue weighted by molar-refractivity contribution is 6.12. The van der Waals surface area contributed by atoms with Gasteiger partial charge in [-0.1, -0.05) is 18.2 Å². The fraction of sp³-hybridized carbons (Fsp3) is 0.167. The number of hydrogen-bond acceptors (Lipinski definition) is 5. The molecule has 0 saturated carbocycles. The second-order valence-electron chi connectivity index (χ2n) is 8.08. The maximum atomic E-state index is 13.8. The van der Waals surface area contributed by atoms with Crippen molar-refractivity contribution >= 4 is 17.4 Å². The third kappa shape index (κ3) is 3.15. The Bertz CT molecular complexity index is 1280. The molecule has 0 fully saturated rings. The van der Waals surface area contributed by atoms with Crippen molar-refractivity contribution in [2.75, 3.05) is 4.90 Å². The molecule has 0 aliphatic carbocycles. The number of fused-ring (bicyclic) bond motifs is 1. The summed E-state index contributed by atoms with van der Waals surface area (Å²) >= 11 is 0. The Kier molecular flexibility index (Phi) is 4.32. The first-order chi connectivity index (χ1) is 15.0. The number of imidazole rings is 1. The maximum Gasteiger partial charge on any atom is 0.243 e. The Labute approximate surface area is 179 Å². The highest BCUT2D eigenvalue weighted by atomic mass is 16.3. The van der Waals surface area contributed by atoms with E-state index in [1.54, 1.807) is 35.8 Å². The fourth-order valence-corrected chi connectivity index (χ4v) is 4.25. The smallest absolute Gasteiger partial charge is 0.243 e. The van der Waals surface area contributed by atoms with Gasteiger partial charge in [0.05, 0.1) is 17.4 Å². The number of aromatic nitrogens is 4. The molecule has 2 aromatic heterocycles. The van der Waals surface area contributed by atoms with Crippen molar-refractivity contribution in [3.05, 3.63) is 84.8 Å². The molecule has 5 rings (SSSR count). The average molecular weight is 411 g/mol. The van der Waals surface area contributed by atoms with Gasteiger partial charge in [0, 0.05) is 25.6 Å². The molecule has 0 radical (unpaired) electrons. The van der Waals surface area contributed by atoms with Crippen molar-refractivity contribution in [1.82, 2.24) is 19.5 Å². The van der Waals surface area contributed by atoms with Gasteiger partial charge in [0.1, 0.15) is 12.1 Å². The van der Waals surface area contributed by atoms with E-state index in [1.807, 2.05) is 55.1 Å². The zero-order valence-electron chi connectivity index (χ0n) is 17.2. The zero-order chi connectivity index (χ0) is 21.6. The summed E-state index contributed by atoms with van der Waals surface area (Å²) in [5.74, 6) is 0.749. The summed E-state index contributed by atoms with van der Waals surface area (Å²) in [7, 11) is 1.88. The van der Waals surface area contributed by atoms with Crippen LogP contribution in [-0.4, -0.2) is 30.5 Å². The molecule has 31 heavy (non-hydrogen) atoms. The minimum absolute atomic E-state index is 0.0434. The number of aryl methyl sites for hydroxylation is 1. The summed E-state index contributed by atoms with van der Waals surface area (Å²) in [6.07, 6.45) is 8.96. The lowest BCUT2D eigenvalue weighted by atomic mass is 9.78. The van der Waals surface area contributed by atoms with E-state index in [9.17, 15) is 9.90 Å². The lowest BCUT2D eigenvalue weighted by molar-refractivity contribution is -0.122. The van der Waals surface area contributed by atoms with Crippen LogP contribution in [0.1, 0.15) is 18.1 Å². The van der Waals surface area contributed by atoms with Crippen LogP contribution in [-0.2, 0) is 23.7 Å². The molecule has 154 valence electrons. The lowest BCUT2D eigenvalue weighted by Gasteiger charge is -2.24. The van der Waals surface area contributed by atoms with Gasteiger partial charge in [-0.15, -0.1) is 0 Å². The predicted molar refractivity (Wildman–Crippen MR) is 117 cm³/mol. The van der Waals surface area contributed by atoms with Gasteiger partial charge in [0.15, 0.2) is 5.82 Å². The zero-order valence-corrected chi connectivity index (χ0v) is 17.2. The summed E-state index contributed by atoms with van der Waals surface area (Å²) in [6.45, 7) is 1.95. The number of phenolic OH excluding ortho intramolecular Hbond substituents is 1. The summed E-state index contributed by atoms with van der Waals surface area (Å²) in [5.41, 5.74) is 3.61. The van der Waals surface area contributed by atoms with Crippen molar-refractivity contribution in [3.63, 3.8) is 0 Å². The van der Waals surface area contributed by atoms with E-state index >= 15 is 0 Å². The Hall–Kier alpha value is -4.00. The first-order valence-electron chi connectivity index (χ1n) is 9.96. The number of phenols is 1.